The van der Waals surface area contributed by atoms with Gasteiger partial charge < -0.3 is 13.4 Å². The van der Waals surface area contributed by atoms with Crippen molar-refractivity contribution in [2.24, 2.45) is 0 Å². The molecule has 3 heterocycles. The molecule has 0 bridgehead atoms. The lowest BCUT2D eigenvalue weighted by Crippen LogP contribution is -2.04. The Kier molecular flexibility index (Phi) is 7.93. The number of fused-ring (bicyclic) bond motifs is 10. The van der Waals surface area contributed by atoms with Crippen molar-refractivity contribution >= 4 is 65.7 Å². The molecule has 0 saturated carbocycles. The number of para-hydroxylation sites is 2. The van der Waals surface area contributed by atoms with Crippen LogP contribution in [0.3, 0.4) is 0 Å². The molecule has 0 spiro atoms. The average molecular weight is 803 g/mol. The van der Waals surface area contributed by atoms with Gasteiger partial charge in [0.25, 0.3) is 0 Å². The predicted octanol–water partition coefficient (Wildman–Crippen LogP) is 14.9. The third kappa shape index (κ3) is 5.09. The molecule has 0 N–H and O–H groups in total. The summed E-state index contributed by atoms with van der Waals surface area (Å²) in [5.74, 6) is 0. The second kappa shape index (κ2) is 14.0. The molecule has 9 aromatic carbocycles. The van der Waals surface area contributed by atoms with Crippen LogP contribution in [0.4, 0.5) is 0 Å². The first-order chi connectivity index (χ1) is 31.2. The summed E-state index contributed by atoms with van der Waals surface area (Å²) in [4.78, 5) is 0. The average Bonchev–Trinajstić information content (AvgIpc) is 4.03. The summed E-state index contributed by atoms with van der Waals surface area (Å²) in [6.07, 6.45) is 0. The third-order valence-electron chi connectivity index (χ3n) is 12.3. The minimum absolute atomic E-state index is 0.0505. The second-order valence-corrected chi connectivity index (χ2v) is 15.6. The maximum Gasteiger partial charge on any atom is 0.156 e. The van der Waals surface area contributed by atoms with Gasteiger partial charge in [-0.2, -0.15) is 15.8 Å². The zero-order valence-corrected chi connectivity index (χ0v) is 33.4. The molecule has 0 aliphatic heterocycles. The molecule has 12 rings (SSSR count). The van der Waals surface area contributed by atoms with Gasteiger partial charge in [0.15, 0.2) is 5.58 Å². The normalized spacial score (nSPS) is 11.4. The van der Waals surface area contributed by atoms with Gasteiger partial charge in [0.1, 0.15) is 40.5 Å². The number of nitriles is 3. The summed E-state index contributed by atoms with van der Waals surface area (Å²) in [5.41, 5.74) is 11.7. The quantitative estimate of drug-likeness (QED) is 0.172. The van der Waals surface area contributed by atoms with Crippen LogP contribution in [0.1, 0.15) is 16.7 Å². The lowest BCUT2D eigenvalue weighted by molar-refractivity contribution is 0.668. The summed E-state index contributed by atoms with van der Waals surface area (Å²) in [6, 6.07) is 68.1. The smallest absolute Gasteiger partial charge is 0.156 e. The van der Waals surface area contributed by atoms with Crippen molar-refractivity contribution < 1.29 is 8.83 Å². The Morgan fingerprint density at radius 1 is 0.333 bits per heavy atom. The fourth-order valence-electron chi connectivity index (χ4n) is 9.85. The number of furan rings is 2. The first kappa shape index (κ1) is 35.8. The standard InChI is InChI=1S/C57H30N4O2/c58-31-40-41(32-59)56-53(42(33-60)55(40)61-43-27-15-13-25-38(43)51-44(61)29-30-46-52(51)39-26-14-16-28-45(39)62-46)54-49(36-21-9-3-10-22-36)47(34-17-5-1-6-18-34)48(35-19-7-2-8-20-35)50(57(54)63-56)37-23-11-4-12-24-37/h1-30H. The van der Waals surface area contributed by atoms with E-state index in [4.69, 9.17) is 8.83 Å². The highest BCUT2D eigenvalue weighted by Crippen LogP contribution is 2.55. The Labute approximate surface area is 360 Å². The van der Waals surface area contributed by atoms with Gasteiger partial charge in [0, 0.05) is 43.6 Å². The Balaban J connectivity index is 1.37. The van der Waals surface area contributed by atoms with E-state index < -0.39 is 0 Å². The molecule has 0 unspecified atom stereocenters. The van der Waals surface area contributed by atoms with E-state index in [1.807, 2.05) is 126 Å². The Hall–Kier alpha value is -9.15. The molecule has 0 amide bonds. The molecule has 3 aromatic heterocycles. The van der Waals surface area contributed by atoms with Crippen molar-refractivity contribution in [2.45, 2.75) is 0 Å². The molecular formula is C57H30N4O2. The summed E-state index contributed by atoms with van der Waals surface area (Å²) in [7, 11) is 0. The van der Waals surface area contributed by atoms with Crippen molar-refractivity contribution in [3.63, 3.8) is 0 Å². The molecule has 63 heavy (non-hydrogen) atoms. The molecule has 0 aliphatic rings. The van der Waals surface area contributed by atoms with E-state index in [1.54, 1.807) is 0 Å². The van der Waals surface area contributed by atoms with Crippen LogP contribution in [-0.2, 0) is 0 Å². The molecule has 290 valence electrons. The van der Waals surface area contributed by atoms with Gasteiger partial charge in [0.2, 0.25) is 0 Å². The molecule has 12 aromatic rings. The van der Waals surface area contributed by atoms with E-state index in [9.17, 15) is 15.8 Å². The summed E-state index contributed by atoms with van der Waals surface area (Å²) in [6.45, 7) is 0. The van der Waals surface area contributed by atoms with Crippen LogP contribution in [0.5, 0.6) is 0 Å². The van der Waals surface area contributed by atoms with Gasteiger partial charge >= 0.3 is 0 Å². The van der Waals surface area contributed by atoms with Crippen LogP contribution in [0.15, 0.2) is 191 Å². The summed E-state index contributed by atoms with van der Waals surface area (Å²) in [5, 5.41) is 39.2. The van der Waals surface area contributed by atoms with Crippen molar-refractivity contribution in [2.75, 3.05) is 0 Å². The molecule has 0 radical (unpaired) electrons. The SMILES string of the molecule is N#Cc1c(-n2c3ccccc3c3c4c(ccc32)oc2ccccc24)c(C#N)c2c(oc3c(-c4ccccc4)c(-c4ccccc4)c(-c4ccccc4)c(-c4ccccc4)c32)c1C#N. The molecule has 6 heteroatoms. The number of nitrogens with zero attached hydrogens (tertiary/aromatic N) is 4. The van der Waals surface area contributed by atoms with Crippen LogP contribution < -0.4 is 0 Å². The first-order valence-electron chi connectivity index (χ1n) is 20.6. The van der Waals surface area contributed by atoms with Gasteiger partial charge in [-0.3, -0.25) is 0 Å². The number of hydrogen-bond donors (Lipinski definition) is 0. The van der Waals surface area contributed by atoms with E-state index in [0.29, 0.717) is 22.0 Å². The summed E-state index contributed by atoms with van der Waals surface area (Å²) < 4.78 is 15.5. The van der Waals surface area contributed by atoms with Crippen molar-refractivity contribution in [1.29, 1.82) is 15.8 Å². The van der Waals surface area contributed by atoms with Crippen LogP contribution in [-0.4, -0.2) is 4.57 Å². The zero-order chi connectivity index (χ0) is 42.2. The van der Waals surface area contributed by atoms with Crippen molar-refractivity contribution in [1.82, 2.24) is 4.57 Å². The Morgan fingerprint density at radius 2 is 0.841 bits per heavy atom. The second-order valence-electron chi connectivity index (χ2n) is 15.6. The van der Waals surface area contributed by atoms with Crippen molar-refractivity contribution in [3.05, 3.63) is 199 Å². The largest absolute Gasteiger partial charge is 0.456 e. The van der Waals surface area contributed by atoms with E-state index in [-0.39, 0.29) is 22.3 Å². The maximum absolute atomic E-state index is 11.8. The maximum atomic E-state index is 11.8. The minimum atomic E-state index is 0.0505. The van der Waals surface area contributed by atoms with E-state index in [2.05, 4.69) is 78.9 Å². The third-order valence-corrected chi connectivity index (χ3v) is 12.3. The topological polar surface area (TPSA) is 103 Å². The van der Waals surface area contributed by atoms with Gasteiger partial charge in [0.05, 0.1) is 33.2 Å². The molecule has 0 atom stereocenters. The highest BCUT2D eigenvalue weighted by Gasteiger charge is 2.33. The highest BCUT2D eigenvalue weighted by molar-refractivity contribution is 6.29. The predicted molar refractivity (Wildman–Crippen MR) is 251 cm³/mol. The lowest BCUT2D eigenvalue weighted by atomic mass is 9.80. The molecular weight excluding hydrogens is 773 g/mol. The van der Waals surface area contributed by atoms with Gasteiger partial charge in [-0.1, -0.05) is 158 Å². The van der Waals surface area contributed by atoms with E-state index >= 15 is 0 Å². The first-order valence-corrected chi connectivity index (χ1v) is 20.6. The van der Waals surface area contributed by atoms with Crippen LogP contribution >= 0.6 is 0 Å². The molecule has 6 nitrogen and oxygen atoms in total. The van der Waals surface area contributed by atoms with Gasteiger partial charge in [-0.25, -0.2) is 0 Å². The number of benzene rings is 9. The molecule has 0 saturated heterocycles. The fourth-order valence-corrected chi connectivity index (χ4v) is 9.85. The van der Waals surface area contributed by atoms with Gasteiger partial charge in [-0.05, 0) is 52.1 Å². The Bertz CT molecular complexity index is 3970. The van der Waals surface area contributed by atoms with E-state index in [0.717, 1.165) is 88.3 Å². The van der Waals surface area contributed by atoms with Crippen molar-refractivity contribution in [3.8, 4) is 68.4 Å². The van der Waals surface area contributed by atoms with Crippen LogP contribution in [0, 0.1) is 34.0 Å². The number of rotatable bonds is 5. The zero-order valence-electron chi connectivity index (χ0n) is 33.4. The lowest BCUT2D eigenvalue weighted by Gasteiger charge is -2.22. The fraction of sp³-hybridized carbons (Fsp3) is 0. The monoisotopic (exact) mass is 802 g/mol. The molecule has 0 fully saturated rings. The van der Waals surface area contributed by atoms with Crippen LogP contribution in [0.2, 0.25) is 0 Å². The number of aromatic nitrogens is 1. The van der Waals surface area contributed by atoms with E-state index in [1.165, 1.54) is 0 Å². The summed E-state index contributed by atoms with van der Waals surface area (Å²) >= 11 is 0. The van der Waals surface area contributed by atoms with Crippen LogP contribution in [0.25, 0.3) is 116 Å². The minimum Gasteiger partial charge on any atom is -0.456 e. The van der Waals surface area contributed by atoms with Gasteiger partial charge in [-0.15, -0.1) is 0 Å². The Morgan fingerprint density at radius 3 is 1.44 bits per heavy atom. The molecule has 0 aliphatic carbocycles. The highest BCUT2D eigenvalue weighted by atomic mass is 16.3. The number of hydrogen-bond acceptors (Lipinski definition) is 5.